The van der Waals surface area contributed by atoms with Crippen LogP contribution in [0, 0.1) is 0 Å². The Morgan fingerprint density at radius 3 is 1.54 bits per heavy atom. The van der Waals surface area contributed by atoms with Crippen LogP contribution in [0.25, 0.3) is 0 Å². The molecular formula is C55H97NO13. The number of allylic oxidation sites excluding steroid dienone is 9. The molecule has 2 aliphatic rings. The summed E-state index contributed by atoms with van der Waals surface area (Å²) in [6, 6.07) is -0.929. The lowest BCUT2D eigenvalue weighted by atomic mass is 9.97. The van der Waals surface area contributed by atoms with Crippen molar-refractivity contribution in [3.63, 3.8) is 0 Å². The minimum Gasteiger partial charge on any atom is -0.394 e. The highest BCUT2D eigenvalue weighted by molar-refractivity contribution is 5.76. The summed E-state index contributed by atoms with van der Waals surface area (Å²) in [7, 11) is 0. The van der Waals surface area contributed by atoms with Gasteiger partial charge in [-0.3, -0.25) is 4.79 Å². The first-order chi connectivity index (χ1) is 33.6. The molecular weight excluding hydrogens is 883 g/mol. The lowest BCUT2D eigenvalue weighted by Crippen LogP contribution is -2.65. The van der Waals surface area contributed by atoms with Gasteiger partial charge in [0.15, 0.2) is 12.6 Å². The maximum atomic E-state index is 13.2. The van der Waals surface area contributed by atoms with Crippen molar-refractivity contribution < 1.29 is 64.6 Å². The molecule has 2 fully saturated rings. The number of aliphatic hydroxyl groups is 8. The van der Waals surface area contributed by atoms with E-state index in [4.69, 9.17) is 18.9 Å². The Labute approximate surface area is 416 Å². The summed E-state index contributed by atoms with van der Waals surface area (Å²) in [5, 5.41) is 86.9. The molecule has 2 rings (SSSR count). The van der Waals surface area contributed by atoms with Gasteiger partial charge in [-0.05, 0) is 57.8 Å². The van der Waals surface area contributed by atoms with Crippen LogP contribution >= 0.6 is 0 Å². The third kappa shape index (κ3) is 27.9. The molecule has 0 aromatic rings. The zero-order valence-electron chi connectivity index (χ0n) is 42.5. The van der Waals surface area contributed by atoms with Gasteiger partial charge in [0, 0.05) is 6.42 Å². The Hall–Kier alpha value is -2.31. The molecule has 0 aromatic carbocycles. The van der Waals surface area contributed by atoms with Crippen LogP contribution in [-0.4, -0.2) is 140 Å². The highest BCUT2D eigenvalue weighted by Crippen LogP contribution is 2.30. The largest absolute Gasteiger partial charge is 0.394 e. The average molecular weight is 980 g/mol. The van der Waals surface area contributed by atoms with Crippen molar-refractivity contribution in [1.82, 2.24) is 5.32 Å². The SMILES string of the molecule is CC/C=C\C/C=C\C/C=C\C/C=C\CCCCCCC(=O)NC(COC1OC(CO)C(OC2OC(CO)C(O)C(O)C2O)C(O)C1O)C(O)/C=C/CCCCCCCCCCCCCCCCCC. The molecule has 0 spiro atoms. The van der Waals surface area contributed by atoms with Gasteiger partial charge in [0.25, 0.3) is 0 Å². The van der Waals surface area contributed by atoms with E-state index in [9.17, 15) is 45.6 Å². The molecule has 9 N–H and O–H groups in total. The second kappa shape index (κ2) is 41.2. The highest BCUT2D eigenvalue weighted by atomic mass is 16.7. The lowest BCUT2D eigenvalue weighted by Gasteiger charge is -2.46. The third-order valence-corrected chi connectivity index (χ3v) is 13.0. The standard InChI is InChI=1S/C55H97NO13/c1-3-5-7-9-11-13-15-17-19-21-23-24-26-28-30-32-34-36-38-44(59)43(56-47(60)39-37-35-33-31-29-27-25-22-20-18-16-14-12-10-8-6-4-2)42-66-54-52(65)50(63)53(46(41-58)68-54)69-55-51(64)49(62)48(61)45(40-57)67-55/h6,8,12,14,18,20,25,27,36,38,43-46,48-55,57-59,61-65H,3-5,7,9-11,13,15-17,19,21-24,26,28-35,37,39-42H2,1-2H3,(H,56,60)/b8-6-,14-12-,20-18-,27-25-,38-36+. The number of carbonyl (C=O) groups is 1. The number of nitrogens with one attached hydrogen (secondary N) is 1. The number of amides is 1. The minimum absolute atomic E-state index is 0.251. The van der Waals surface area contributed by atoms with Crippen LogP contribution < -0.4 is 5.32 Å². The molecule has 2 heterocycles. The van der Waals surface area contributed by atoms with Crippen LogP contribution in [0.1, 0.15) is 187 Å². The van der Waals surface area contributed by atoms with Crippen molar-refractivity contribution in [2.75, 3.05) is 19.8 Å². The summed E-state index contributed by atoms with van der Waals surface area (Å²) >= 11 is 0. The van der Waals surface area contributed by atoms with Gasteiger partial charge in [-0.15, -0.1) is 0 Å². The van der Waals surface area contributed by atoms with Gasteiger partial charge in [0.2, 0.25) is 5.91 Å². The molecule has 0 saturated carbocycles. The smallest absolute Gasteiger partial charge is 0.220 e. The van der Waals surface area contributed by atoms with Gasteiger partial charge in [0.1, 0.15) is 48.8 Å². The van der Waals surface area contributed by atoms with Crippen molar-refractivity contribution >= 4 is 5.91 Å². The Balaban J connectivity index is 1.84. The van der Waals surface area contributed by atoms with E-state index < -0.39 is 86.8 Å². The number of unbranched alkanes of at least 4 members (excludes halogenated alkanes) is 20. The zero-order valence-corrected chi connectivity index (χ0v) is 42.5. The van der Waals surface area contributed by atoms with Crippen LogP contribution in [0.2, 0.25) is 0 Å². The molecule has 0 aromatic heterocycles. The van der Waals surface area contributed by atoms with Crippen LogP contribution in [0.15, 0.2) is 60.8 Å². The molecule has 2 aliphatic heterocycles. The Kier molecular flexibility index (Phi) is 37.5. The van der Waals surface area contributed by atoms with E-state index in [1.165, 1.54) is 89.9 Å². The molecule has 14 nitrogen and oxygen atoms in total. The van der Waals surface area contributed by atoms with E-state index >= 15 is 0 Å². The number of carbonyl (C=O) groups excluding carboxylic acids is 1. The first kappa shape index (κ1) is 62.8. The van der Waals surface area contributed by atoms with E-state index in [0.29, 0.717) is 6.42 Å². The van der Waals surface area contributed by atoms with Gasteiger partial charge >= 0.3 is 0 Å². The predicted octanol–water partition coefficient (Wildman–Crippen LogP) is 7.83. The van der Waals surface area contributed by atoms with E-state index in [-0.39, 0.29) is 18.9 Å². The quantitative estimate of drug-likeness (QED) is 0.0211. The first-order valence-electron chi connectivity index (χ1n) is 27.0. The van der Waals surface area contributed by atoms with Crippen LogP contribution in [-0.2, 0) is 23.7 Å². The summed E-state index contributed by atoms with van der Waals surface area (Å²) in [6.07, 6.45) is 33.9. The molecule has 0 bridgehead atoms. The molecule has 0 aliphatic carbocycles. The second-order valence-electron chi connectivity index (χ2n) is 19.0. The number of ether oxygens (including phenoxy) is 4. The first-order valence-corrected chi connectivity index (χ1v) is 27.0. The average Bonchev–Trinajstić information content (AvgIpc) is 3.35. The lowest BCUT2D eigenvalue weighted by molar-refractivity contribution is -0.359. The van der Waals surface area contributed by atoms with Crippen molar-refractivity contribution in [3.05, 3.63) is 60.8 Å². The fraction of sp³-hybridized carbons (Fsp3) is 0.800. The molecule has 400 valence electrons. The van der Waals surface area contributed by atoms with Crippen molar-refractivity contribution in [2.24, 2.45) is 0 Å². The third-order valence-electron chi connectivity index (χ3n) is 13.0. The van der Waals surface area contributed by atoms with Crippen molar-refractivity contribution in [3.8, 4) is 0 Å². The minimum atomic E-state index is -1.79. The van der Waals surface area contributed by atoms with E-state index in [2.05, 4.69) is 67.8 Å². The Morgan fingerprint density at radius 1 is 0.536 bits per heavy atom. The highest BCUT2D eigenvalue weighted by Gasteiger charge is 2.51. The fourth-order valence-corrected chi connectivity index (χ4v) is 8.58. The molecule has 2 saturated heterocycles. The monoisotopic (exact) mass is 980 g/mol. The zero-order chi connectivity index (χ0) is 50.3. The fourth-order valence-electron chi connectivity index (χ4n) is 8.58. The van der Waals surface area contributed by atoms with Crippen molar-refractivity contribution in [1.29, 1.82) is 0 Å². The number of aliphatic hydroxyl groups excluding tert-OH is 8. The Morgan fingerprint density at radius 2 is 1.00 bits per heavy atom. The number of hydrogen-bond donors (Lipinski definition) is 9. The van der Waals surface area contributed by atoms with Crippen molar-refractivity contribution in [2.45, 2.75) is 261 Å². The van der Waals surface area contributed by atoms with Gasteiger partial charge in [0.05, 0.1) is 32.0 Å². The normalized spacial score (nSPS) is 26.6. The summed E-state index contributed by atoms with van der Waals surface area (Å²) in [4.78, 5) is 13.2. The van der Waals surface area contributed by atoms with Crippen LogP contribution in [0.3, 0.4) is 0 Å². The molecule has 69 heavy (non-hydrogen) atoms. The van der Waals surface area contributed by atoms with Gasteiger partial charge in [-0.2, -0.15) is 0 Å². The Bertz CT molecular complexity index is 1390. The summed E-state index contributed by atoms with van der Waals surface area (Å²) in [5.41, 5.74) is 0. The van der Waals surface area contributed by atoms with E-state index in [1.807, 2.05) is 6.08 Å². The van der Waals surface area contributed by atoms with Gasteiger partial charge in [-0.1, -0.05) is 184 Å². The molecule has 1 amide bonds. The predicted molar refractivity (Wildman–Crippen MR) is 272 cm³/mol. The van der Waals surface area contributed by atoms with Gasteiger partial charge < -0.3 is 65.1 Å². The maximum absolute atomic E-state index is 13.2. The molecule has 14 heteroatoms. The molecule has 12 unspecified atom stereocenters. The van der Waals surface area contributed by atoms with Crippen LogP contribution in [0.4, 0.5) is 0 Å². The van der Waals surface area contributed by atoms with Gasteiger partial charge in [-0.25, -0.2) is 0 Å². The summed E-state index contributed by atoms with van der Waals surface area (Å²) < 4.78 is 22.7. The molecule has 12 atom stereocenters. The summed E-state index contributed by atoms with van der Waals surface area (Å²) in [5.74, 6) is -0.265. The molecule has 0 radical (unpaired) electrons. The van der Waals surface area contributed by atoms with E-state index in [0.717, 1.165) is 70.6 Å². The van der Waals surface area contributed by atoms with Crippen LogP contribution in [0.5, 0.6) is 0 Å². The second-order valence-corrected chi connectivity index (χ2v) is 19.0. The summed E-state index contributed by atoms with van der Waals surface area (Å²) in [6.45, 7) is 2.65. The number of rotatable bonds is 41. The maximum Gasteiger partial charge on any atom is 0.220 e. The topological polar surface area (TPSA) is 228 Å². The van der Waals surface area contributed by atoms with E-state index in [1.54, 1.807) is 6.08 Å². The number of hydrogen-bond acceptors (Lipinski definition) is 13.